The van der Waals surface area contributed by atoms with Crippen molar-refractivity contribution >= 4 is 11.8 Å². The lowest BCUT2D eigenvalue weighted by atomic mass is 10.5. The van der Waals surface area contributed by atoms with E-state index in [2.05, 4.69) is 17.1 Å². The molecule has 0 spiro atoms. The van der Waals surface area contributed by atoms with E-state index in [0.717, 1.165) is 13.0 Å². The van der Waals surface area contributed by atoms with Gasteiger partial charge in [-0.3, -0.25) is 0 Å². The monoisotopic (exact) mass is 141 g/mol. The summed E-state index contributed by atoms with van der Waals surface area (Å²) in [5, 5.41) is 3.14. The summed E-state index contributed by atoms with van der Waals surface area (Å²) < 4.78 is 0. The zero-order valence-corrected chi connectivity index (χ0v) is 6.21. The van der Waals surface area contributed by atoms with E-state index in [0.29, 0.717) is 0 Å². The largest absolute Gasteiger partial charge is 0.384 e. The molecule has 1 aliphatic rings. The molecule has 50 valence electrons. The second kappa shape index (κ2) is 4.54. The first-order chi connectivity index (χ1) is 4.50. The van der Waals surface area contributed by atoms with Gasteiger partial charge in [-0.25, -0.2) is 0 Å². The molecule has 9 heavy (non-hydrogen) atoms. The second-order valence-electron chi connectivity index (χ2n) is 1.87. The highest BCUT2D eigenvalue weighted by Crippen LogP contribution is 2.01. The summed E-state index contributed by atoms with van der Waals surface area (Å²) in [6.45, 7) is 1.07. The molecule has 0 aliphatic carbocycles. The lowest BCUT2D eigenvalue weighted by Crippen LogP contribution is -2.08. The first kappa shape index (κ1) is 6.79. The zero-order valence-electron chi connectivity index (χ0n) is 5.39. The molecule has 1 heterocycles. The van der Waals surface area contributed by atoms with E-state index in [9.17, 15) is 0 Å². The first-order valence-corrected chi connectivity index (χ1v) is 4.36. The highest BCUT2D eigenvalue weighted by atomic mass is 32.2. The molecule has 1 nitrogen and oxygen atoms in total. The standard InChI is InChI=1S/C7H11NS/c1-2-4-8-5-7-9-6-3-1/h1,4,8H,3,5-7H2. The Morgan fingerprint density at radius 2 is 2.44 bits per heavy atom. The third-order valence-corrected chi connectivity index (χ3v) is 2.12. The second-order valence-corrected chi connectivity index (χ2v) is 3.10. The Morgan fingerprint density at radius 3 is 3.44 bits per heavy atom. The molecular weight excluding hydrogens is 130 g/mol. The predicted octanol–water partition coefficient (Wildman–Crippen LogP) is 1.38. The van der Waals surface area contributed by atoms with Crippen molar-refractivity contribution in [2.45, 2.75) is 6.42 Å². The van der Waals surface area contributed by atoms with Crippen molar-refractivity contribution in [3.05, 3.63) is 18.0 Å². The molecule has 0 aromatic rings. The van der Waals surface area contributed by atoms with Gasteiger partial charge in [0.25, 0.3) is 0 Å². The Kier molecular flexibility index (Phi) is 3.42. The van der Waals surface area contributed by atoms with Gasteiger partial charge in [0.1, 0.15) is 0 Å². The van der Waals surface area contributed by atoms with Crippen molar-refractivity contribution in [3.63, 3.8) is 0 Å². The fourth-order valence-electron chi connectivity index (χ4n) is 0.649. The molecule has 0 fully saturated rings. The minimum absolute atomic E-state index is 1.07. The molecular formula is C7H11NS. The van der Waals surface area contributed by atoms with Crippen molar-refractivity contribution < 1.29 is 0 Å². The molecule has 0 amide bonds. The highest BCUT2D eigenvalue weighted by molar-refractivity contribution is 7.99. The number of allylic oxidation sites excluding steroid dienone is 1. The van der Waals surface area contributed by atoms with Gasteiger partial charge in [-0.15, -0.1) is 5.73 Å². The smallest absolute Gasteiger partial charge is 0.0394 e. The Hall–Kier alpha value is -0.330. The van der Waals surface area contributed by atoms with Crippen LogP contribution in [0.2, 0.25) is 0 Å². The van der Waals surface area contributed by atoms with Crippen LogP contribution in [0.15, 0.2) is 18.0 Å². The van der Waals surface area contributed by atoms with Crippen LogP contribution in [0.5, 0.6) is 0 Å². The van der Waals surface area contributed by atoms with Crippen molar-refractivity contribution in [1.82, 2.24) is 5.32 Å². The van der Waals surface area contributed by atoms with Gasteiger partial charge < -0.3 is 5.32 Å². The molecule has 2 heteroatoms. The quantitative estimate of drug-likeness (QED) is 0.511. The SMILES string of the molecule is C1=CCCSCCNC=1. The molecule has 0 unspecified atom stereocenters. The summed E-state index contributed by atoms with van der Waals surface area (Å²) in [6.07, 6.45) is 5.13. The average Bonchev–Trinajstić information content (AvgIpc) is 2.00. The number of thioether (sulfide) groups is 1. The maximum atomic E-state index is 3.14. The van der Waals surface area contributed by atoms with Crippen molar-refractivity contribution in [1.29, 1.82) is 0 Å². The number of hydrogen-bond donors (Lipinski definition) is 1. The van der Waals surface area contributed by atoms with Gasteiger partial charge in [0.05, 0.1) is 0 Å². The highest BCUT2D eigenvalue weighted by Gasteiger charge is 1.86. The fourth-order valence-corrected chi connectivity index (χ4v) is 1.40. The molecule has 0 saturated heterocycles. The number of hydrogen-bond acceptors (Lipinski definition) is 2. The van der Waals surface area contributed by atoms with E-state index < -0.39 is 0 Å². The van der Waals surface area contributed by atoms with Crippen LogP contribution < -0.4 is 5.32 Å². The summed E-state index contributed by atoms with van der Waals surface area (Å²) in [6, 6.07) is 0. The van der Waals surface area contributed by atoms with E-state index in [4.69, 9.17) is 0 Å². The third kappa shape index (κ3) is 3.28. The summed E-state index contributed by atoms with van der Waals surface area (Å²) in [4.78, 5) is 0. The predicted molar refractivity (Wildman–Crippen MR) is 42.6 cm³/mol. The lowest BCUT2D eigenvalue weighted by Gasteiger charge is -1.96. The molecule has 0 aromatic carbocycles. The maximum absolute atomic E-state index is 3.14. The molecule has 0 saturated carbocycles. The van der Waals surface area contributed by atoms with Gasteiger partial charge in [0.2, 0.25) is 0 Å². The van der Waals surface area contributed by atoms with Crippen molar-refractivity contribution in [2.24, 2.45) is 0 Å². The summed E-state index contributed by atoms with van der Waals surface area (Å²) in [7, 11) is 0. The van der Waals surface area contributed by atoms with Gasteiger partial charge in [-0.1, -0.05) is 0 Å². The number of nitrogens with one attached hydrogen (secondary N) is 1. The summed E-state index contributed by atoms with van der Waals surface area (Å²) >= 11 is 1.99. The van der Waals surface area contributed by atoms with E-state index in [1.807, 2.05) is 18.0 Å². The van der Waals surface area contributed by atoms with E-state index >= 15 is 0 Å². The number of rotatable bonds is 0. The van der Waals surface area contributed by atoms with Crippen LogP contribution in [-0.4, -0.2) is 18.1 Å². The van der Waals surface area contributed by atoms with E-state index in [1.165, 1.54) is 11.5 Å². The van der Waals surface area contributed by atoms with Crippen LogP contribution >= 0.6 is 11.8 Å². The average molecular weight is 141 g/mol. The summed E-state index contributed by atoms with van der Waals surface area (Å²) in [5.74, 6) is 2.45. The molecule has 0 bridgehead atoms. The van der Waals surface area contributed by atoms with E-state index in [1.54, 1.807) is 0 Å². The molecule has 1 aliphatic heterocycles. The third-order valence-electron chi connectivity index (χ3n) is 1.10. The Bertz CT molecular complexity index is 113. The van der Waals surface area contributed by atoms with Gasteiger partial charge in [-0.2, -0.15) is 11.8 Å². The minimum Gasteiger partial charge on any atom is -0.384 e. The summed E-state index contributed by atoms with van der Waals surface area (Å²) in [5.41, 5.74) is 3.05. The fraction of sp³-hybridized carbons (Fsp3) is 0.571. The van der Waals surface area contributed by atoms with Crippen LogP contribution in [-0.2, 0) is 0 Å². The molecule has 0 radical (unpaired) electrons. The van der Waals surface area contributed by atoms with Gasteiger partial charge in [0, 0.05) is 18.5 Å². The Morgan fingerprint density at radius 1 is 1.44 bits per heavy atom. The zero-order chi connectivity index (χ0) is 6.36. The van der Waals surface area contributed by atoms with Crippen molar-refractivity contribution in [3.8, 4) is 0 Å². The molecule has 1 rings (SSSR count). The first-order valence-electron chi connectivity index (χ1n) is 3.21. The van der Waals surface area contributed by atoms with Gasteiger partial charge in [-0.05, 0) is 18.2 Å². The van der Waals surface area contributed by atoms with Crippen LogP contribution in [0.3, 0.4) is 0 Å². The van der Waals surface area contributed by atoms with Crippen LogP contribution in [0.1, 0.15) is 6.42 Å². The van der Waals surface area contributed by atoms with Crippen LogP contribution in [0, 0.1) is 0 Å². The topological polar surface area (TPSA) is 12.0 Å². The van der Waals surface area contributed by atoms with Crippen LogP contribution in [0.4, 0.5) is 0 Å². The van der Waals surface area contributed by atoms with E-state index in [-0.39, 0.29) is 0 Å². The molecule has 1 N–H and O–H groups in total. The van der Waals surface area contributed by atoms with Crippen molar-refractivity contribution in [2.75, 3.05) is 18.1 Å². The normalized spacial score (nSPS) is 19.6. The van der Waals surface area contributed by atoms with Gasteiger partial charge >= 0.3 is 0 Å². The molecule has 0 aromatic heterocycles. The van der Waals surface area contributed by atoms with Crippen LogP contribution in [0.25, 0.3) is 0 Å². The Balaban J connectivity index is 2.29. The minimum atomic E-state index is 1.07. The maximum Gasteiger partial charge on any atom is 0.0394 e. The van der Waals surface area contributed by atoms with Gasteiger partial charge in [0.15, 0.2) is 0 Å². The molecule has 0 atom stereocenters. The lowest BCUT2D eigenvalue weighted by molar-refractivity contribution is 0.932. The Labute approximate surface area is 60.2 Å².